The molecule has 0 atom stereocenters. The van der Waals surface area contributed by atoms with E-state index < -0.39 is 0 Å². The largest absolute Gasteiger partial charge is 0.494 e. The summed E-state index contributed by atoms with van der Waals surface area (Å²) in [6.07, 6.45) is 5.42. The molecule has 8 bridgehead atoms. The zero-order chi connectivity index (χ0) is 41.1. The predicted octanol–water partition coefficient (Wildman–Crippen LogP) is 14.4. The number of alkyl halides is 2. The molecule has 8 heteroatoms. The van der Waals surface area contributed by atoms with E-state index in [0.29, 0.717) is 13.2 Å². The molecule has 0 saturated carbocycles. The van der Waals surface area contributed by atoms with Crippen LogP contribution in [0.25, 0.3) is 66.6 Å². The van der Waals surface area contributed by atoms with Gasteiger partial charge in [-0.2, -0.15) is 0 Å². The van der Waals surface area contributed by atoms with Crippen LogP contribution in [0.15, 0.2) is 60.7 Å². The monoisotopic (exact) mass is 902 g/mol. The Morgan fingerprint density at radius 1 is 0.534 bits per heavy atom. The number of nitrogens with zero attached hydrogens (tertiary/aromatic N) is 2. The third-order valence-corrected chi connectivity index (χ3v) is 13.0. The zero-order valence-electron chi connectivity index (χ0n) is 35.3. The van der Waals surface area contributed by atoms with Crippen molar-refractivity contribution in [3.63, 3.8) is 0 Å². The van der Waals surface area contributed by atoms with Gasteiger partial charge >= 0.3 is 0 Å². The molecule has 0 unspecified atom stereocenters. The number of benzene rings is 2. The first-order chi connectivity index (χ1) is 28.2. The van der Waals surface area contributed by atoms with Gasteiger partial charge in [0.2, 0.25) is 0 Å². The molecule has 2 aliphatic heterocycles. The maximum Gasteiger partial charge on any atom is 0.119 e. The molecule has 0 fully saturated rings. The third-order valence-electron chi connectivity index (χ3n) is 11.9. The summed E-state index contributed by atoms with van der Waals surface area (Å²) in [4.78, 5) is 19.1. The molecule has 0 saturated heterocycles. The van der Waals surface area contributed by atoms with Crippen LogP contribution in [0.4, 0.5) is 0 Å². The van der Waals surface area contributed by atoms with E-state index in [0.717, 1.165) is 128 Å². The number of rotatable bonds is 14. The van der Waals surface area contributed by atoms with Crippen molar-refractivity contribution in [2.24, 2.45) is 0 Å². The van der Waals surface area contributed by atoms with Crippen LogP contribution in [0.3, 0.4) is 0 Å². The fourth-order valence-electron chi connectivity index (χ4n) is 8.80. The molecule has 0 spiro atoms. The summed E-state index contributed by atoms with van der Waals surface area (Å²) in [7, 11) is 0. The minimum atomic E-state index is 0.671. The second kappa shape index (κ2) is 18.3. The Bertz CT molecular complexity index is 2440. The van der Waals surface area contributed by atoms with Crippen molar-refractivity contribution in [3.8, 4) is 33.8 Å². The van der Waals surface area contributed by atoms with Crippen LogP contribution in [-0.4, -0.2) is 43.8 Å². The molecule has 0 amide bonds. The summed E-state index contributed by atoms with van der Waals surface area (Å²) in [6.45, 7) is 19.3. The number of hydrogen-bond donors (Lipinski definition) is 2. The first-order valence-corrected chi connectivity index (χ1v) is 23.2. The Morgan fingerprint density at radius 2 is 0.931 bits per heavy atom. The van der Waals surface area contributed by atoms with Crippen molar-refractivity contribution in [2.75, 3.05) is 23.9 Å². The van der Waals surface area contributed by atoms with E-state index in [1.54, 1.807) is 0 Å². The summed E-state index contributed by atoms with van der Waals surface area (Å²) < 4.78 is 12.2. The van der Waals surface area contributed by atoms with Gasteiger partial charge in [-0.05, 0) is 158 Å². The summed E-state index contributed by atoms with van der Waals surface area (Å²) >= 11 is 7.05. The predicted molar refractivity (Wildman–Crippen MR) is 253 cm³/mol. The molecule has 6 nitrogen and oxygen atoms in total. The van der Waals surface area contributed by atoms with Crippen LogP contribution >= 0.6 is 31.9 Å². The second-order valence-corrected chi connectivity index (χ2v) is 16.8. The smallest absolute Gasteiger partial charge is 0.119 e. The highest BCUT2D eigenvalue weighted by molar-refractivity contribution is 9.09. The van der Waals surface area contributed by atoms with Gasteiger partial charge in [0.25, 0.3) is 0 Å². The Labute approximate surface area is 360 Å². The van der Waals surface area contributed by atoms with E-state index in [9.17, 15) is 0 Å². The summed E-state index contributed by atoms with van der Waals surface area (Å²) in [5.41, 5.74) is 22.8. The van der Waals surface area contributed by atoms with Gasteiger partial charge in [0.1, 0.15) is 11.5 Å². The van der Waals surface area contributed by atoms with Gasteiger partial charge in [-0.3, -0.25) is 0 Å². The number of halogens is 2. The zero-order valence-corrected chi connectivity index (χ0v) is 38.5. The molecule has 3 aromatic heterocycles. The van der Waals surface area contributed by atoms with E-state index in [2.05, 4.69) is 158 Å². The lowest BCUT2D eigenvalue weighted by Gasteiger charge is -2.11. The van der Waals surface area contributed by atoms with E-state index >= 15 is 0 Å². The number of allylic oxidation sites excluding steroid dienone is 4. The Balaban J connectivity index is 1.62. The SMILES string of the molecule is CCC1=C(C)c2nc1cc1[nH]c(c(C)c1CC)c(-c1ccc(OCCCBr)cc1)c1[nH]c(cc3nc(c2-c2ccc(OCCCBr)cc2)C(C)=C3CC)c(CC)c1C. The Hall–Kier alpha value is -4.40. The van der Waals surface area contributed by atoms with Crippen LogP contribution in [0.1, 0.15) is 112 Å². The topological polar surface area (TPSA) is 75.8 Å². The fraction of sp³-hybridized carbons (Fsp3) is 0.360. The Morgan fingerprint density at radius 3 is 1.29 bits per heavy atom. The van der Waals surface area contributed by atoms with Crippen molar-refractivity contribution in [3.05, 3.63) is 106 Å². The van der Waals surface area contributed by atoms with Crippen molar-refractivity contribution in [1.29, 1.82) is 0 Å². The summed E-state index contributed by atoms with van der Waals surface area (Å²) in [6, 6.07) is 21.7. The molecule has 2 N–H and O–H groups in total. The van der Waals surface area contributed by atoms with Crippen LogP contribution in [0.2, 0.25) is 0 Å². The number of nitrogens with one attached hydrogen (secondary N) is 2. The van der Waals surface area contributed by atoms with E-state index in [4.69, 9.17) is 19.4 Å². The number of H-pyrrole nitrogens is 2. The van der Waals surface area contributed by atoms with Crippen molar-refractivity contribution in [1.82, 2.24) is 19.9 Å². The van der Waals surface area contributed by atoms with Gasteiger partial charge in [0.05, 0.1) is 47.0 Å². The number of aromatic nitrogens is 4. The average Bonchev–Trinajstić information content (AvgIpc) is 3.92. The van der Waals surface area contributed by atoms with Gasteiger partial charge in [-0.25, -0.2) is 9.97 Å². The number of fused-ring (bicyclic) bond motifs is 8. The third kappa shape index (κ3) is 7.87. The van der Waals surface area contributed by atoms with Crippen LogP contribution in [-0.2, 0) is 12.8 Å². The van der Waals surface area contributed by atoms with Crippen molar-refractivity contribution < 1.29 is 9.47 Å². The van der Waals surface area contributed by atoms with Crippen molar-refractivity contribution in [2.45, 2.75) is 93.9 Å². The first kappa shape index (κ1) is 41.7. The molecule has 0 radical (unpaired) electrons. The fourth-order valence-corrected chi connectivity index (χ4v) is 9.26. The van der Waals surface area contributed by atoms with E-state index in [1.807, 2.05) is 0 Å². The molecular weight excluding hydrogens is 848 g/mol. The van der Waals surface area contributed by atoms with Gasteiger partial charge < -0.3 is 19.4 Å². The quantitative estimate of drug-likeness (QED) is 0.0860. The van der Waals surface area contributed by atoms with E-state index in [-0.39, 0.29) is 0 Å². The molecule has 2 aliphatic rings. The van der Waals surface area contributed by atoms with Gasteiger partial charge in [-0.1, -0.05) is 83.8 Å². The van der Waals surface area contributed by atoms with Gasteiger partial charge in [-0.15, -0.1) is 0 Å². The molecule has 5 aromatic rings. The van der Waals surface area contributed by atoms with Crippen LogP contribution < -0.4 is 9.47 Å². The number of hydrogen-bond acceptors (Lipinski definition) is 4. The highest BCUT2D eigenvalue weighted by atomic mass is 79.9. The standard InChI is InChI=1S/C50H56Br2N4O2/c1-9-37-29(5)47-45(33-15-19-35(20-16-33)57-25-13-23-51)48-31(7)39(11-3)43(55-48)28-44-40(12-4)32(8)50(56-44)46(34-17-21-36(22-18-34)58-26-14-24-52)49-30(6)38(10-2)42(54-49)27-41(37)53-47/h15-22,27-28,53,55H,9-14,23-26H2,1-8H3. The minimum Gasteiger partial charge on any atom is -0.494 e. The number of aryl methyl sites for hydroxylation is 4. The summed E-state index contributed by atoms with van der Waals surface area (Å²) in [5, 5.41) is 1.83. The maximum atomic E-state index is 6.09. The van der Waals surface area contributed by atoms with E-state index in [1.165, 1.54) is 44.5 Å². The minimum absolute atomic E-state index is 0.671. The highest BCUT2D eigenvalue weighted by Crippen LogP contribution is 2.44. The average molecular weight is 905 g/mol. The van der Waals surface area contributed by atoms with Gasteiger partial charge in [0, 0.05) is 32.8 Å². The summed E-state index contributed by atoms with van der Waals surface area (Å²) in [5.74, 6) is 1.74. The second-order valence-electron chi connectivity index (χ2n) is 15.2. The lowest BCUT2D eigenvalue weighted by molar-refractivity contribution is 0.319. The molecule has 0 aliphatic carbocycles. The lowest BCUT2D eigenvalue weighted by atomic mass is 9.93. The Kier molecular flexibility index (Phi) is 13.1. The molecule has 302 valence electrons. The first-order valence-electron chi connectivity index (χ1n) is 21.0. The molecule has 7 rings (SSSR count). The molecule has 5 heterocycles. The number of aromatic amines is 2. The van der Waals surface area contributed by atoms with Gasteiger partial charge in [0.15, 0.2) is 0 Å². The number of ether oxygens (including phenoxy) is 2. The van der Waals surface area contributed by atoms with Crippen molar-refractivity contribution >= 4 is 76.2 Å². The lowest BCUT2D eigenvalue weighted by Crippen LogP contribution is -1.98. The normalized spacial score (nSPS) is 12.9. The highest BCUT2D eigenvalue weighted by Gasteiger charge is 2.27. The molecular formula is C50H56Br2N4O2. The van der Waals surface area contributed by atoms with Crippen LogP contribution in [0, 0.1) is 13.8 Å². The molecule has 2 aromatic carbocycles. The molecule has 58 heavy (non-hydrogen) atoms. The van der Waals surface area contributed by atoms with Crippen LogP contribution in [0.5, 0.6) is 11.5 Å². The maximum absolute atomic E-state index is 6.09.